The molecule has 26 heavy (non-hydrogen) atoms. The average Bonchev–Trinajstić information content (AvgIpc) is 3.02. The zero-order valence-electron chi connectivity index (χ0n) is 15.0. The van der Waals surface area contributed by atoms with E-state index in [9.17, 15) is 9.59 Å². The van der Waals surface area contributed by atoms with Crippen molar-refractivity contribution in [2.45, 2.75) is 26.8 Å². The Morgan fingerprint density at radius 3 is 2.73 bits per heavy atom. The molecule has 7 nitrogen and oxygen atoms in total. The van der Waals surface area contributed by atoms with E-state index in [4.69, 9.17) is 4.74 Å². The molecule has 1 aliphatic carbocycles. The number of esters is 1. The summed E-state index contributed by atoms with van der Waals surface area (Å²) in [5, 5.41) is 4.20. The van der Waals surface area contributed by atoms with E-state index in [1.165, 1.54) is 19.5 Å². The lowest BCUT2D eigenvalue weighted by atomic mass is 10.1. The van der Waals surface area contributed by atoms with Gasteiger partial charge in [-0.3, -0.25) is 9.48 Å². The van der Waals surface area contributed by atoms with Crippen LogP contribution < -0.4 is 4.90 Å². The van der Waals surface area contributed by atoms with E-state index in [2.05, 4.69) is 15.0 Å². The molecule has 2 aliphatic rings. The highest BCUT2D eigenvalue weighted by Crippen LogP contribution is 2.45. The molecule has 2 aromatic rings. The van der Waals surface area contributed by atoms with Crippen LogP contribution in [0.3, 0.4) is 0 Å². The number of pyridine rings is 1. The maximum absolute atomic E-state index is 12.1. The topological polar surface area (TPSA) is 77.3 Å². The number of nitrogens with zero attached hydrogens (tertiary/aromatic N) is 4. The molecule has 2 unspecified atom stereocenters. The Bertz CT molecular complexity index is 850. The molecular weight excluding hydrogens is 332 g/mol. The van der Waals surface area contributed by atoms with E-state index in [1.807, 2.05) is 12.1 Å². The van der Waals surface area contributed by atoms with Crippen molar-refractivity contribution in [3.05, 3.63) is 41.3 Å². The largest absolute Gasteiger partial charge is 0.462 e. The van der Waals surface area contributed by atoms with Gasteiger partial charge in [0.05, 0.1) is 24.9 Å². The SMILES string of the molecule is CCOC(=O)c1cnn(Cc2ccc(N3CC4CC4C3)nc2C(C)=O)c1. The Hall–Kier alpha value is -2.70. The Morgan fingerprint density at radius 1 is 1.27 bits per heavy atom. The van der Waals surface area contributed by atoms with Gasteiger partial charge in [0.1, 0.15) is 11.5 Å². The van der Waals surface area contributed by atoms with Gasteiger partial charge in [-0.15, -0.1) is 0 Å². The molecule has 4 rings (SSSR count). The number of ketones is 1. The van der Waals surface area contributed by atoms with Gasteiger partial charge in [-0.2, -0.15) is 5.10 Å². The van der Waals surface area contributed by atoms with Crippen molar-refractivity contribution >= 4 is 17.6 Å². The van der Waals surface area contributed by atoms with Crippen molar-refractivity contribution in [3.63, 3.8) is 0 Å². The quantitative estimate of drug-likeness (QED) is 0.584. The molecule has 2 atom stereocenters. The molecule has 1 saturated heterocycles. The first-order valence-electron chi connectivity index (χ1n) is 9.00. The summed E-state index contributed by atoms with van der Waals surface area (Å²) in [6.07, 6.45) is 4.43. The van der Waals surface area contributed by atoms with E-state index in [-0.39, 0.29) is 5.78 Å². The van der Waals surface area contributed by atoms with Gasteiger partial charge in [-0.1, -0.05) is 6.07 Å². The van der Waals surface area contributed by atoms with E-state index in [0.29, 0.717) is 24.4 Å². The van der Waals surface area contributed by atoms with Gasteiger partial charge in [-0.05, 0) is 31.2 Å². The second-order valence-electron chi connectivity index (χ2n) is 7.04. The summed E-state index contributed by atoms with van der Waals surface area (Å²) in [4.78, 5) is 30.8. The third-order valence-corrected chi connectivity index (χ3v) is 5.08. The predicted octanol–water partition coefficient (Wildman–Crippen LogP) is 2.16. The first kappa shape index (κ1) is 16.8. The molecule has 0 amide bonds. The zero-order valence-corrected chi connectivity index (χ0v) is 15.0. The van der Waals surface area contributed by atoms with Crippen LogP contribution in [0.4, 0.5) is 5.82 Å². The second-order valence-corrected chi connectivity index (χ2v) is 7.04. The van der Waals surface area contributed by atoms with Crippen molar-refractivity contribution in [3.8, 4) is 0 Å². The molecule has 3 heterocycles. The maximum Gasteiger partial charge on any atom is 0.341 e. The summed E-state index contributed by atoms with van der Waals surface area (Å²) in [6.45, 7) is 6.07. The van der Waals surface area contributed by atoms with Crippen LogP contribution in [-0.4, -0.2) is 46.2 Å². The smallest absolute Gasteiger partial charge is 0.341 e. The Morgan fingerprint density at radius 2 is 2.04 bits per heavy atom. The van der Waals surface area contributed by atoms with Crippen LogP contribution in [0.1, 0.15) is 46.7 Å². The van der Waals surface area contributed by atoms with Crippen LogP contribution in [0.2, 0.25) is 0 Å². The number of carbonyl (C=O) groups is 2. The molecule has 1 aliphatic heterocycles. The summed E-state index contributed by atoms with van der Waals surface area (Å²) < 4.78 is 6.60. The van der Waals surface area contributed by atoms with E-state index in [1.54, 1.807) is 17.8 Å². The Balaban J connectivity index is 1.54. The van der Waals surface area contributed by atoms with Gasteiger partial charge in [0.2, 0.25) is 0 Å². The number of aromatic nitrogens is 3. The number of fused-ring (bicyclic) bond motifs is 1. The Labute approximate surface area is 152 Å². The molecule has 136 valence electrons. The summed E-state index contributed by atoms with van der Waals surface area (Å²) in [6, 6.07) is 3.91. The zero-order chi connectivity index (χ0) is 18.3. The Kier molecular flexibility index (Phi) is 4.22. The molecule has 1 saturated carbocycles. The molecular formula is C19H22N4O3. The standard InChI is InChI=1S/C19H22N4O3/c1-3-26-19(25)16-7-20-23(11-16)10-13-4-5-17(21-18(13)12(2)24)22-8-14-6-15(14)9-22/h4-5,7,11,14-15H,3,6,8-10H2,1-2H3. The summed E-state index contributed by atoms with van der Waals surface area (Å²) >= 11 is 0. The van der Waals surface area contributed by atoms with Crippen LogP contribution in [0, 0.1) is 11.8 Å². The fourth-order valence-electron chi connectivity index (χ4n) is 3.62. The number of carbonyl (C=O) groups excluding carboxylic acids is 2. The molecule has 2 aromatic heterocycles. The monoisotopic (exact) mass is 354 g/mol. The molecule has 0 bridgehead atoms. The fourth-order valence-corrected chi connectivity index (χ4v) is 3.62. The third-order valence-electron chi connectivity index (χ3n) is 5.08. The van der Waals surface area contributed by atoms with Crippen molar-refractivity contribution in [2.24, 2.45) is 11.8 Å². The third kappa shape index (κ3) is 3.21. The minimum Gasteiger partial charge on any atom is -0.462 e. The molecule has 0 spiro atoms. The lowest BCUT2D eigenvalue weighted by Crippen LogP contribution is -2.24. The minimum atomic E-state index is -0.397. The van der Waals surface area contributed by atoms with Crippen molar-refractivity contribution in [1.29, 1.82) is 0 Å². The van der Waals surface area contributed by atoms with E-state index < -0.39 is 5.97 Å². The van der Waals surface area contributed by atoms with Crippen molar-refractivity contribution in [1.82, 2.24) is 14.8 Å². The number of hydrogen-bond donors (Lipinski definition) is 0. The van der Waals surface area contributed by atoms with Crippen LogP contribution in [-0.2, 0) is 11.3 Å². The number of rotatable bonds is 6. The molecule has 2 fully saturated rings. The summed E-state index contributed by atoms with van der Waals surface area (Å²) in [7, 11) is 0. The fraction of sp³-hybridized carbons (Fsp3) is 0.474. The highest BCUT2D eigenvalue weighted by Gasteiger charge is 2.45. The normalized spacial score (nSPS) is 20.8. The lowest BCUT2D eigenvalue weighted by molar-refractivity contribution is 0.0526. The van der Waals surface area contributed by atoms with Crippen molar-refractivity contribution < 1.29 is 14.3 Å². The number of ether oxygens (including phenoxy) is 1. The first-order chi connectivity index (χ1) is 12.5. The minimum absolute atomic E-state index is 0.0658. The molecule has 7 heteroatoms. The molecule has 0 radical (unpaired) electrons. The van der Waals surface area contributed by atoms with Gasteiger partial charge in [-0.25, -0.2) is 9.78 Å². The van der Waals surface area contributed by atoms with Crippen LogP contribution >= 0.6 is 0 Å². The lowest BCUT2D eigenvalue weighted by Gasteiger charge is -2.20. The van der Waals surface area contributed by atoms with Gasteiger partial charge in [0.25, 0.3) is 0 Å². The van der Waals surface area contributed by atoms with Crippen LogP contribution in [0.25, 0.3) is 0 Å². The highest BCUT2D eigenvalue weighted by atomic mass is 16.5. The number of Topliss-reactive ketones (excluding diaryl/α,β-unsaturated/α-hetero) is 1. The first-order valence-corrected chi connectivity index (χ1v) is 9.00. The second kappa shape index (κ2) is 6.55. The number of anilines is 1. The van der Waals surface area contributed by atoms with Gasteiger partial charge >= 0.3 is 5.97 Å². The van der Waals surface area contributed by atoms with Gasteiger partial charge in [0, 0.05) is 31.8 Å². The van der Waals surface area contributed by atoms with Crippen LogP contribution in [0.5, 0.6) is 0 Å². The van der Waals surface area contributed by atoms with E-state index in [0.717, 1.165) is 36.3 Å². The average molecular weight is 354 g/mol. The highest BCUT2D eigenvalue weighted by molar-refractivity contribution is 5.94. The van der Waals surface area contributed by atoms with Gasteiger partial charge in [0.15, 0.2) is 5.78 Å². The van der Waals surface area contributed by atoms with E-state index >= 15 is 0 Å². The number of hydrogen-bond acceptors (Lipinski definition) is 6. The maximum atomic E-state index is 12.1. The molecule has 0 N–H and O–H groups in total. The summed E-state index contributed by atoms with van der Waals surface area (Å²) in [5.74, 6) is 2.03. The van der Waals surface area contributed by atoms with Crippen LogP contribution in [0.15, 0.2) is 24.5 Å². The predicted molar refractivity (Wildman–Crippen MR) is 95.3 cm³/mol. The number of piperidine rings is 1. The summed E-state index contributed by atoms with van der Waals surface area (Å²) in [5.41, 5.74) is 1.66. The van der Waals surface area contributed by atoms with Gasteiger partial charge < -0.3 is 9.64 Å². The van der Waals surface area contributed by atoms with Crippen molar-refractivity contribution in [2.75, 3.05) is 24.6 Å². The molecule has 0 aromatic carbocycles.